The van der Waals surface area contributed by atoms with Crippen molar-refractivity contribution < 1.29 is 14.0 Å². The summed E-state index contributed by atoms with van der Waals surface area (Å²) in [5.74, 6) is 2.30. The predicted octanol–water partition coefficient (Wildman–Crippen LogP) is 3.46. The van der Waals surface area contributed by atoms with Crippen LogP contribution >= 0.6 is 0 Å². The lowest BCUT2D eigenvalue weighted by Gasteiger charge is -2.53. The SMILES string of the molecule is Cc1cc(Nc2cc(C)[nH]n2)nc(N2CCC3(CC2)C(=O)N(C(C)c2ccc(-n4cc(F)cn4)nc2)CC(=O)N3CC2CC2)n1. The van der Waals surface area contributed by atoms with Crippen LogP contribution in [0.15, 0.2) is 42.9 Å². The molecular weight excluding hydrogens is 577 g/mol. The Balaban J connectivity index is 1.11. The van der Waals surface area contributed by atoms with Crippen LogP contribution in [-0.2, 0) is 9.59 Å². The first-order valence-corrected chi connectivity index (χ1v) is 15.4. The molecule has 4 aromatic rings. The second-order valence-corrected chi connectivity index (χ2v) is 12.4. The molecule has 0 aromatic carbocycles. The van der Waals surface area contributed by atoms with Gasteiger partial charge in [0.25, 0.3) is 0 Å². The summed E-state index contributed by atoms with van der Waals surface area (Å²) in [5, 5.41) is 14.4. The summed E-state index contributed by atoms with van der Waals surface area (Å²) in [7, 11) is 0. The van der Waals surface area contributed by atoms with Crippen molar-refractivity contribution in [2.45, 2.75) is 58.0 Å². The fourth-order valence-electron chi connectivity index (χ4n) is 6.39. The van der Waals surface area contributed by atoms with Gasteiger partial charge in [-0.25, -0.2) is 19.0 Å². The van der Waals surface area contributed by atoms with E-state index in [1.807, 2.05) is 43.9 Å². The van der Waals surface area contributed by atoms with E-state index in [4.69, 9.17) is 9.97 Å². The Bertz CT molecular complexity index is 1720. The average Bonchev–Trinajstić information content (AvgIpc) is 3.61. The number of hydrogen-bond donors (Lipinski definition) is 2. The maximum atomic E-state index is 14.5. The number of rotatable bonds is 8. The summed E-state index contributed by atoms with van der Waals surface area (Å²) >= 11 is 0. The smallest absolute Gasteiger partial charge is 0.249 e. The minimum absolute atomic E-state index is 0.0208. The van der Waals surface area contributed by atoms with Gasteiger partial charge in [0.05, 0.1) is 18.4 Å². The zero-order chi connectivity index (χ0) is 31.3. The number of piperazine rings is 1. The largest absolute Gasteiger partial charge is 0.341 e. The molecule has 6 heterocycles. The number of amides is 2. The molecule has 13 nitrogen and oxygen atoms in total. The second kappa shape index (κ2) is 11.2. The van der Waals surface area contributed by atoms with Gasteiger partial charge in [-0.15, -0.1) is 0 Å². The number of carbonyl (C=O) groups excluding carboxylic acids is 2. The zero-order valence-corrected chi connectivity index (χ0v) is 25.6. The summed E-state index contributed by atoms with van der Waals surface area (Å²) in [5.41, 5.74) is 1.61. The third-order valence-corrected chi connectivity index (χ3v) is 9.10. The van der Waals surface area contributed by atoms with Crippen molar-refractivity contribution >= 4 is 29.4 Å². The molecule has 0 bridgehead atoms. The van der Waals surface area contributed by atoms with Crippen molar-refractivity contribution in [3.8, 4) is 5.82 Å². The molecule has 7 rings (SSSR count). The van der Waals surface area contributed by atoms with Crippen LogP contribution in [0.5, 0.6) is 0 Å². The van der Waals surface area contributed by atoms with Gasteiger partial charge >= 0.3 is 0 Å². The Labute approximate surface area is 259 Å². The lowest BCUT2D eigenvalue weighted by Crippen LogP contribution is -2.71. The van der Waals surface area contributed by atoms with Crippen LogP contribution in [-0.4, -0.2) is 88.3 Å². The number of piperidine rings is 1. The first-order chi connectivity index (χ1) is 21.7. The number of nitrogens with zero attached hydrogens (tertiary/aromatic N) is 9. The molecule has 2 N–H and O–H groups in total. The van der Waals surface area contributed by atoms with Crippen LogP contribution in [0.4, 0.5) is 22.0 Å². The Morgan fingerprint density at radius 3 is 2.53 bits per heavy atom. The normalized spacial score (nSPS) is 19.0. The fourth-order valence-corrected chi connectivity index (χ4v) is 6.39. The number of aryl methyl sites for hydroxylation is 2. The minimum Gasteiger partial charge on any atom is -0.341 e. The van der Waals surface area contributed by atoms with Gasteiger partial charge in [-0.2, -0.15) is 15.2 Å². The maximum absolute atomic E-state index is 14.5. The highest BCUT2D eigenvalue weighted by atomic mass is 19.1. The van der Waals surface area contributed by atoms with Crippen molar-refractivity contribution in [2.75, 3.05) is 36.4 Å². The molecule has 2 amide bonds. The maximum Gasteiger partial charge on any atom is 0.249 e. The Hall–Kier alpha value is -4.88. The van der Waals surface area contributed by atoms with Gasteiger partial charge in [-0.1, -0.05) is 6.07 Å². The minimum atomic E-state index is -0.930. The highest BCUT2D eigenvalue weighted by Gasteiger charge is 2.55. The number of carbonyl (C=O) groups is 2. The monoisotopic (exact) mass is 613 g/mol. The van der Waals surface area contributed by atoms with Crippen molar-refractivity contribution in [3.63, 3.8) is 0 Å². The van der Waals surface area contributed by atoms with E-state index in [0.29, 0.717) is 61.8 Å². The van der Waals surface area contributed by atoms with E-state index >= 15 is 0 Å². The Morgan fingerprint density at radius 2 is 1.89 bits per heavy atom. The Kier molecular flexibility index (Phi) is 7.21. The molecule has 3 fully saturated rings. The predicted molar refractivity (Wildman–Crippen MR) is 163 cm³/mol. The van der Waals surface area contributed by atoms with Crippen LogP contribution in [0.3, 0.4) is 0 Å². The van der Waals surface area contributed by atoms with Crippen molar-refractivity contribution in [2.24, 2.45) is 5.92 Å². The number of pyridine rings is 1. The average molecular weight is 614 g/mol. The number of hydrogen-bond acceptors (Lipinski definition) is 9. The van der Waals surface area contributed by atoms with E-state index in [1.165, 1.54) is 10.9 Å². The molecule has 1 saturated carbocycles. The highest BCUT2D eigenvalue weighted by molar-refractivity contribution is 5.98. The van der Waals surface area contributed by atoms with Gasteiger partial charge in [0, 0.05) is 49.4 Å². The molecule has 45 heavy (non-hydrogen) atoms. The van der Waals surface area contributed by atoms with E-state index in [2.05, 4.69) is 30.5 Å². The first-order valence-electron chi connectivity index (χ1n) is 15.4. The number of halogens is 1. The molecule has 14 heteroatoms. The van der Waals surface area contributed by atoms with Gasteiger partial charge in [0.15, 0.2) is 17.5 Å². The molecule has 3 aliphatic rings. The number of aromatic nitrogens is 7. The summed E-state index contributed by atoms with van der Waals surface area (Å²) in [4.78, 5) is 47.9. The summed E-state index contributed by atoms with van der Waals surface area (Å²) in [6, 6.07) is 6.98. The number of nitrogens with one attached hydrogen (secondary N) is 2. The van der Waals surface area contributed by atoms with Crippen molar-refractivity contribution in [1.82, 2.24) is 44.7 Å². The molecule has 2 aliphatic heterocycles. The zero-order valence-electron chi connectivity index (χ0n) is 25.6. The van der Waals surface area contributed by atoms with E-state index in [0.717, 1.165) is 36.0 Å². The molecule has 2 saturated heterocycles. The number of H-pyrrole nitrogens is 1. The molecule has 4 aromatic heterocycles. The van der Waals surface area contributed by atoms with Crippen LogP contribution in [0, 0.1) is 25.6 Å². The molecule has 1 atom stereocenters. The van der Waals surface area contributed by atoms with Gasteiger partial charge in [-0.05, 0) is 64.0 Å². The number of aromatic amines is 1. The van der Waals surface area contributed by atoms with Crippen LogP contribution in [0.1, 0.15) is 55.6 Å². The number of anilines is 3. The molecular formula is C31H36FN11O2. The third kappa shape index (κ3) is 5.60. The fraction of sp³-hybridized carbons (Fsp3) is 0.452. The van der Waals surface area contributed by atoms with Crippen molar-refractivity contribution in [1.29, 1.82) is 0 Å². The first kappa shape index (κ1) is 28.9. The van der Waals surface area contributed by atoms with E-state index in [1.54, 1.807) is 17.2 Å². The van der Waals surface area contributed by atoms with Gasteiger partial charge in [0.2, 0.25) is 17.8 Å². The standard InChI is InChI=1S/C31H36FN11O2/c1-19-12-25(36-26-13-20(2)38-39-26)37-30(35-19)40-10-8-31(9-11-40)29(45)41(18-28(44)42(31)16-22-4-5-22)21(3)23-6-7-27(33-14-23)43-17-24(32)15-34-43/h6-7,12-15,17,21-22H,4-5,8-11,16,18H2,1-3H3,(H2,35,36,37,38,39). The third-order valence-electron chi connectivity index (χ3n) is 9.10. The van der Waals surface area contributed by atoms with E-state index in [-0.39, 0.29) is 24.4 Å². The molecule has 1 unspecified atom stereocenters. The highest BCUT2D eigenvalue weighted by Crippen LogP contribution is 2.41. The lowest BCUT2D eigenvalue weighted by atomic mass is 9.81. The van der Waals surface area contributed by atoms with Gasteiger partial charge in [-0.3, -0.25) is 14.7 Å². The molecule has 1 aliphatic carbocycles. The second-order valence-electron chi connectivity index (χ2n) is 12.4. The molecule has 1 spiro atoms. The molecule has 234 valence electrons. The van der Waals surface area contributed by atoms with Crippen LogP contribution < -0.4 is 10.2 Å². The van der Waals surface area contributed by atoms with E-state index in [9.17, 15) is 14.0 Å². The van der Waals surface area contributed by atoms with Gasteiger partial charge < -0.3 is 20.0 Å². The van der Waals surface area contributed by atoms with Crippen LogP contribution in [0.2, 0.25) is 0 Å². The van der Waals surface area contributed by atoms with Gasteiger partial charge in [0.1, 0.15) is 17.9 Å². The summed E-state index contributed by atoms with van der Waals surface area (Å²) in [6.45, 7) is 7.47. The summed E-state index contributed by atoms with van der Waals surface area (Å²) in [6.07, 6.45) is 7.16. The van der Waals surface area contributed by atoms with E-state index < -0.39 is 11.4 Å². The summed E-state index contributed by atoms with van der Waals surface area (Å²) < 4.78 is 14.8. The quantitative estimate of drug-likeness (QED) is 0.306. The topological polar surface area (TPSA) is 141 Å². The van der Waals surface area contributed by atoms with Crippen molar-refractivity contribution in [3.05, 3.63) is 65.6 Å². The van der Waals surface area contributed by atoms with Crippen LogP contribution in [0.25, 0.3) is 5.82 Å². The lowest BCUT2D eigenvalue weighted by molar-refractivity contribution is -0.169. The molecule has 0 radical (unpaired) electrons. The Morgan fingerprint density at radius 1 is 1.09 bits per heavy atom.